The van der Waals surface area contributed by atoms with Crippen molar-refractivity contribution in [2.45, 2.75) is 6.54 Å². The summed E-state index contributed by atoms with van der Waals surface area (Å²) in [5.41, 5.74) is 1.78. The van der Waals surface area contributed by atoms with Crippen molar-refractivity contribution in [1.29, 1.82) is 0 Å². The molecule has 8 heteroatoms. The van der Waals surface area contributed by atoms with Crippen LogP contribution in [0.5, 0.6) is 0 Å². The van der Waals surface area contributed by atoms with E-state index in [1.165, 1.54) is 28.6 Å². The zero-order valence-electron chi connectivity index (χ0n) is 15.5. The van der Waals surface area contributed by atoms with Crippen LogP contribution in [0.15, 0.2) is 83.9 Å². The Labute approximate surface area is 178 Å². The van der Waals surface area contributed by atoms with Gasteiger partial charge in [0.1, 0.15) is 5.82 Å². The quantitative estimate of drug-likeness (QED) is 0.579. The van der Waals surface area contributed by atoms with Crippen molar-refractivity contribution >= 4 is 38.8 Å². The van der Waals surface area contributed by atoms with Gasteiger partial charge < -0.3 is 5.32 Å². The van der Waals surface area contributed by atoms with Crippen LogP contribution in [0.4, 0.5) is 15.8 Å². The first kappa shape index (κ1) is 20.1. The fourth-order valence-electron chi connectivity index (χ4n) is 3.14. The molecule has 5 nitrogen and oxygen atoms in total. The number of carbonyl (C=O) groups is 1. The minimum Gasteiger partial charge on any atom is -0.360 e. The zero-order valence-corrected chi connectivity index (χ0v) is 17.1. The maximum absolute atomic E-state index is 13.3. The monoisotopic (exact) mass is 442 g/mol. The third-order valence-corrected chi connectivity index (χ3v) is 6.68. The number of rotatable bonds is 4. The van der Waals surface area contributed by atoms with Crippen LogP contribution in [0.3, 0.4) is 0 Å². The van der Waals surface area contributed by atoms with E-state index in [9.17, 15) is 17.6 Å². The lowest BCUT2D eigenvalue weighted by Gasteiger charge is -2.31. The number of nitrogens with one attached hydrogen (secondary N) is 1. The Hall–Kier alpha value is -3.16. The van der Waals surface area contributed by atoms with E-state index in [4.69, 9.17) is 11.6 Å². The Bertz CT molecular complexity index is 1240. The summed E-state index contributed by atoms with van der Waals surface area (Å²) in [6.45, 7) is 0.0394. The number of ketones is 1. The number of carbonyl (C=O) groups excluding carboxylic acids is 1. The van der Waals surface area contributed by atoms with Crippen molar-refractivity contribution < 1.29 is 17.6 Å². The van der Waals surface area contributed by atoms with Crippen LogP contribution in [-0.2, 0) is 16.6 Å². The average Bonchev–Trinajstić information content (AvgIpc) is 2.73. The molecule has 30 heavy (non-hydrogen) atoms. The second-order valence-electron chi connectivity index (χ2n) is 6.64. The molecule has 0 saturated heterocycles. The molecule has 0 aromatic heterocycles. The molecule has 4 rings (SSSR count). The molecule has 3 aromatic carbocycles. The molecule has 0 amide bonds. The highest BCUT2D eigenvalue weighted by Gasteiger charge is 2.40. The van der Waals surface area contributed by atoms with Crippen LogP contribution in [-0.4, -0.2) is 14.2 Å². The number of anilines is 2. The van der Waals surface area contributed by atoms with Gasteiger partial charge in [-0.25, -0.2) is 12.8 Å². The topological polar surface area (TPSA) is 66.5 Å². The van der Waals surface area contributed by atoms with Gasteiger partial charge in [0, 0.05) is 22.5 Å². The second kappa shape index (κ2) is 7.93. The molecule has 0 radical (unpaired) electrons. The van der Waals surface area contributed by atoms with E-state index in [2.05, 4.69) is 5.32 Å². The van der Waals surface area contributed by atoms with Gasteiger partial charge in [0.05, 0.1) is 12.2 Å². The lowest BCUT2D eigenvalue weighted by atomic mass is 10.1. The van der Waals surface area contributed by atoms with E-state index < -0.39 is 21.6 Å². The van der Waals surface area contributed by atoms with Crippen molar-refractivity contribution in [3.8, 4) is 0 Å². The number of para-hydroxylation sites is 1. The van der Waals surface area contributed by atoms with Gasteiger partial charge in [0.25, 0.3) is 10.0 Å². The lowest BCUT2D eigenvalue weighted by Crippen LogP contribution is -2.39. The van der Waals surface area contributed by atoms with Crippen molar-refractivity contribution in [2.75, 3.05) is 9.62 Å². The molecule has 0 saturated carbocycles. The van der Waals surface area contributed by atoms with Crippen LogP contribution in [0, 0.1) is 5.82 Å². The van der Waals surface area contributed by atoms with Crippen LogP contribution in [0.2, 0.25) is 5.02 Å². The zero-order chi connectivity index (χ0) is 21.3. The summed E-state index contributed by atoms with van der Waals surface area (Å²) in [6.07, 6.45) is 1.15. The molecule has 0 fully saturated rings. The summed E-state index contributed by atoms with van der Waals surface area (Å²) in [6, 6.07) is 18.8. The number of nitrogens with zero attached hydrogens (tertiary/aromatic N) is 1. The molecule has 0 atom stereocenters. The maximum Gasteiger partial charge on any atom is 0.270 e. The molecule has 1 N–H and O–H groups in total. The van der Waals surface area contributed by atoms with Gasteiger partial charge in [0.15, 0.2) is 4.91 Å². The van der Waals surface area contributed by atoms with Crippen molar-refractivity contribution in [3.05, 3.63) is 106 Å². The van der Waals surface area contributed by atoms with E-state index in [1.807, 2.05) is 0 Å². The van der Waals surface area contributed by atoms with Gasteiger partial charge in [-0.15, -0.1) is 0 Å². The minimum absolute atomic E-state index is 0.0394. The van der Waals surface area contributed by atoms with Gasteiger partial charge in [-0.2, -0.15) is 0 Å². The predicted octanol–water partition coefficient (Wildman–Crippen LogP) is 4.97. The minimum atomic E-state index is -4.14. The maximum atomic E-state index is 13.3. The normalized spacial score (nSPS) is 16.4. The molecule has 0 spiro atoms. The molecule has 1 aliphatic rings. The highest BCUT2D eigenvalue weighted by Crippen LogP contribution is 2.36. The summed E-state index contributed by atoms with van der Waals surface area (Å²) in [5, 5.41) is 3.32. The molecule has 3 aromatic rings. The SMILES string of the molecule is O=C1/C(=C\Nc2ccc(F)cc2)S(=O)(=O)N(Cc2ccc(Cl)cc2)c2ccccc21. The summed E-state index contributed by atoms with van der Waals surface area (Å²) < 4.78 is 41.0. The summed E-state index contributed by atoms with van der Waals surface area (Å²) >= 11 is 5.93. The number of hydrogen-bond acceptors (Lipinski definition) is 4. The van der Waals surface area contributed by atoms with E-state index in [0.717, 1.165) is 11.8 Å². The van der Waals surface area contributed by atoms with E-state index in [-0.39, 0.29) is 17.0 Å². The largest absolute Gasteiger partial charge is 0.360 e. The Morgan fingerprint density at radius 2 is 1.63 bits per heavy atom. The highest BCUT2D eigenvalue weighted by molar-refractivity contribution is 7.97. The molecule has 0 unspecified atom stereocenters. The number of hydrogen-bond donors (Lipinski definition) is 1. The van der Waals surface area contributed by atoms with Gasteiger partial charge in [-0.05, 0) is 54.1 Å². The Balaban J connectivity index is 1.76. The average molecular weight is 443 g/mol. The molecular weight excluding hydrogens is 427 g/mol. The molecule has 0 bridgehead atoms. The van der Waals surface area contributed by atoms with Crippen LogP contribution < -0.4 is 9.62 Å². The number of Topliss-reactive ketones (excluding diaryl/α,β-unsaturated/α-hetero) is 1. The summed E-state index contributed by atoms with van der Waals surface area (Å²) in [7, 11) is -4.14. The van der Waals surface area contributed by atoms with E-state index in [1.54, 1.807) is 48.5 Å². The molecule has 152 valence electrons. The summed E-state index contributed by atoms with van der Waals surface area (Å²) in [4.78, 5) is 12.6. The van der Waals surface area contributed by atoms with Crippen molar-refractivity contribution in [1.82, 2.24) is 0 Å². The van der Waals surface area contributed by atoms with Crippen LogP contribution in [0.1, 0.15) is 15.9 Å². The fraction of sp³-hybridized carbons (Fsp3) is 0.0455. The van der Waals surface area contributed by atoms with E-state index >= 15 is 0 Å². The van der Waals surface area contributed by atoms with Crippen LogP contribution in [0.25, 0.3) is 0 Å². The van der Waals surface area contributed by atoms with Gasteiger partial charge in [0.2, 0.25) is 5.78 Å². The Morgan fingerprint density at radius 3 is 2.33 bits per heavy atom. The fourth-order valence-corrected chi connectivity index (χ4v) is 4.79. The van der Waals surface area contributed by atoms with Crippen molar-refractivity contribution in [3.63, 3.8) is 0 Å². The number of sulfonamides is 1. The lowest BCUT2D eigenvalue weighted by molar-refractivity contribution is 0.104. The summed E-state index contributed by atoms with van der Waals surface area (Å²) in [5.74, 6) is -1.02. The molecular formula is C22H16ClFN2O3S. The number of fused-ring (bicyclic) bond motifs is 1. The number of allylic oxidation sites excluding steroid dienone is 1. The first-order valence-electron chi connectivity index (χ1n) is 8.99. The first-order valence-corrected chi connectivity index (χ1v) is 10.8. The molecule has 0 aliphatic carbocycles. The van der Waals surface area contributed by atoms with Gasteiger partial charge in [-0.3, -0.25) is 9.10 Å². The first-order chi connectivity index (χ1) is 14.4. The Morgan fingerprint density at radius 1 is 0.967 bits per heavy atom. The van der Waals surface area contributed by atoms with E-state index in [0.29, 0.717) is 16.4 Å². The van der Waals surface area contributed by atoms with Gasteiger partial charge in [-0.1, -0.05) is 35.9 Å². The Kier molecular flexibility index (Phi) is 5.32. The molecule has 1 aliphatic heterocycles. The molecule has 1 heterocycles. The number of benzene rings is 3. The van der Waals surface area contributed by atoms with Crippen molar-refractivity contribution in [2.24, 2.45) is 0 Å². The smallest absolute Gasteiger partial charge is 0.270 e. The van der Waals surface area contributed by atoms with Gasteiger partial charge >= 0.3 is 0 Å². The third-order valence-electron chi connectivity index (χ3n) is 4.66. The second-order valence-corrected chi connectivity index (χ2v) is 8.91. The standard InChI is InChI=1S/C22H16ClFN2O3S/c23-16-7-5-15(6-8-16)14-26-20-4-2-1-3-19(20)22(27)21(30(26,28)29)13-25-18-11-9-17(24)10-12-18/h1-13,25H,14H2/b21-13+. The predicted molar refractivity (Wildman–Crippen MR) is 115 cm³/mol. The number of halogens is 2. The highest BCUT2D eigenvalue weighted by atomic mass is 35.5. The van der Waals surface area contributed by atoms with Crippen LogP contribution >= 0.6 is 11.6 Å². The third kappa shape index (κ3) is 3.81.